The van der Waals surface area contributed by atoms with Crippen LogP contribution in [0.15, 0.2) is 46.9 Å². The molecule has 172 valence electrons. The average molecular weight is 569 g/mol. The third-order valence-electron chi connectivity index (χ3n) is 4.62. The van der Waals surface area contributed by atoms with Crippen molar-refractivity contribution in [3.05, 3.63) is 62.9 Å². The number of para-hydroxylation sites is 1. The smallest absolute Gasteiger partial charge is 0.310 e. The second-order valence-corrected chi connectivity index (χ2v) is 11.5. The molecule has 3 rings (SSSR count). The molecule has 0 saturated heterocycles. The molecule has 0 aliphatic carbocycles. The van der Waals surface area contributed by atoms with Crippen LogP contribution in [0.4, 0.5) is 0 Å². The molecular formula is C24H28INO5S. The zero-order chi connectivity index (χ0) is 23.3. The maximum Gasteiger partial charge on any atom is 0.310 e. The van der Waals surface area contributed by atoms with Crippen LogP contribution in [-0.4, -0.2) is 21.9 Å². The lowest BCUT2D eigenvalue weighted by Gasteiger charge is -2.23. The maximum atomic E-state index is 12.2. The van der Waals surface area contributed by atoms with Gasteiger partial charge in [-0.2, -0.15) is 0 Å². The van der Waals surface area contributed by atoms with Gasteiger partial charge >= 0.3 is 5.97 Å². The van der Waals surface area contributed by atoms with Crippen molar-refractivity contribution in [2.75, 3.05) is 6.61 Å². The van der Waals surface area contributed by atoms with Crippen molar-refractivity contribution in [1.29, 1.82) is 0 Å². The number of halogens is 1. The third-order valence-corrected chi connectivity index (χ3v) is 6.94. The van der Waals surface area contributed by atoms with Crippen LogP contribution in [0.5, 0.6) is 5.75 Å². The van der Waals surface area contributed by atoms with Crippen molar-refractivity contribution in [2.45, 2.75) is 52.0 Å². The molecule has 0 radical (unpaired) electrons. The summed E-state index contributed by atoms with van der Waals surface area (Å²) in [5.41, 5.74) is 2.59. The van der Waals surface area contributed by atoms with E-state index in [4.69, 9.17) is 13.9 Å². The number of benzene rings is 2. The zero-order valence-electron chi connectivity index (χ0n) is 18.7. The van der Waals surface area contributed by atoms with Crippen LogP contribution in [0.3, 0.4) is 0 Å². The molecule has 0 amide bonds. The highest BCUT2D eigenvalue weighted by Crippen LogP contribution is 2.28. The Morgan fingerprint density at radius 3 is 2.69 bits per heavy atom. The minimum absolute atomic E-state index is 0.175. The molecule has 0 saturated carbocycles. The molecule has 1 unspecified atom stereocenters. The molecule has 1 heterocycles. The van der Waals surface area contributed by atoms with Gasteiger partial charge in [0.25, 0.3) is 0 Å². The van der Waals surface area contributed by atoms with E-state index in [2.05, 4.69) is 27.3 Å². The molecule has 8 heteroatoms. The molecule has 2 aromatic carbocycles. The van der Waals surface area contributed by atoms with Gasteiger partial charge in [-0.05, 0) is 80.1 Å². The molecular weight excluding hydrogens is 541 g/mol. The highest BCUT2D eigenvalue weighted by Gasteiger charge is 2.26. The first-order valence-corrected chi connectivity index (χ1v) is 12.6. The number of esters is 1. The minimum atomic E-state index is -1.17. The fourth-order valence-corrected chi connectivity index (χ4v) is 4.59. The molecule has 0 bridgehead atoms. The molecule has 32 heavy (non-hydrogen) atoms. The number of rotatable bonds is 9. The van der Waals surface area contributed by atoms with Crippen molar-refractivity contribution < 1.29 is 23.2 Å². The van der Waals surface area contributed by atoms with Gasteiger partial charge in [0.15, 0.2) is 0 Å². The van der Waals surface area contributed by atoms with Crippen LogP contribution < -0.4 is 9.46 Å². The number of fused-ring (bicyclic) bond motifs is 1. The van der Waals surface area contributed by atoms with Crippen molar-refractivity contribution in [3.8, 4) is 5.75 Å². The Labute approximate surface area is 205 Å². The zero-order valence-corrected chi connectivity index (χ0v) is 21.7. The summed E-state index contributed by atoms with van der Waals surface area (Å²) in [5, 5.41) is 0.966. The fraction of sp³-hybridized carbons (Fsp3) is 0.375. The Hall–Kier alpha value is -1.75. The summed E-state index contributed by atoms with van der Waals surface area (Å²) in [6.45, 7) is 8.67. The van der Waals surface area contributed by atoms with Crippen molar-refractivity contribution in [3.63, 3.8) is 0 Å². The van der Waals surface area contributed by atoms with Gasteiger partial charge in [-0.15, -0.1) is 4.72 Å². The van der Waals surface area contributed by atoms with Crippen LogP contribution >= 0.6 is 22.6 Å². The summed E-state index contributed by atoms with van der Waals surface area (Å²) < 4.78 is 33.0. The number of carbonyl (C=O) groups excluding carboxylic acids is 1. The lowest BCUT2D eigenvalue weighted by atomic mass is 10.1. The molecule has 0 aliphatic heterocycles. The topological polar surface area (TPSA) is 83.8 Å². The Morgan fingerprint density at radius 2 is 1.97 bits per heavy atom. The van der Waals surface area contributed by atoms with Gasteiger partial charge in [-0.3, -0.25) is 4.79 Å². The maximum absolute atomic E-state index is 12.2. The van der Waals surface area contributed by atoms with Gasteiger partial charge in [-0.1, -0.05) is 18.2 Å². The predicted octanol–water partition coefficient (Wildman–Crippen LogP) is 5.27. The Kier molecular flexibility index (Phi) is 8.49. The summed E-state index contributed by atoms with van der Waals surface area (Å²) in [4.78, 5) is 11.9. The van der Waals surface area contributed by atoms with Crippen LogP contribution in [0.25, 0.3) is 11.0 Å². The van der Waals surface area contributed by atoms with E-state index < -0.39 is 11.4 Å². The lowest BCUT2D eigenvalue weighted by Crippen LogP contribution is -2.38. The Morgan fingerprint density at radius 1 is 1.22 bits per heavy atom. The molecule has 3 aromatic rings. The molecule has 0 spiro atoms. The van der Waals surface area contributed by atoms with Crippen LogP contribution in [0, 0.1) is 3.57 Å². The van der Waals surface area contributed by atoms with E-state index in [1.54, 1.807) is 6.92 Å². The Balaban J connectivity index is 1.71. The van der Waals surface area contributed by atoms with Crippen molar-refractivity contribution in [2.24, 2.45) is 0 Å². The molecule has 0 fully saturated rings. The molecule has 1 atom stereocenters. The lowest BCUT2D eigenvalue weighted by molar-refractivity contribution is -0.142. The molecule has 6 nitrogen and oxygen atoms in total. The van der Waals surface area contributed by atoms with E-state index in [0.29, 0.717) is 25.5 Å². The van der Waals surface area contributed by atoms with E-state index >= 15 is 0 Å². The highest BCUT2D eigenvalue weighted by atomic mass is 127. The minimum Gasteiger partial charge on any atom is -0.598 e. The van der Waals surface area contributed by atoms with E-state index in [1.165, 1.54) is 0 Å². The molecule has 1 N–H and O–H groups in total. The van der Waals surface area contributed by atoms with Crippen LogP contribution in [-0.2, 0) is 40.5 Å². The second kappa shape index (κ2) is 10.9. The SMILES string of the molecule is CCOC(=O)Cc1ccccc1OCc1cc(I)c2oc(CN[S+]([O-])C(C)(C)C)cc2c1. The largest absolute Gasteiger partial charge is 0.598 e. The summed E-state index contributed by atoms with van der Waals surface area (Å²) >= 11 is 1.08. The van der Waals surface area contributed by atoms with Gasteiger partial charge < -0.3 is 18.4 Å². The van der Waals surface area contributed by atoms with E-state index in [1.807, 2.05) is 63.2 Å². The number of furan rings is 1. The second-order valence-electron chi connectivity index (χ2n) is 8.29. The van der Waals surface area contributed by atoms with Crippen molar-refractivity contribution >= 4 is 50.9 Å². The fourth-order valence-electron chi connectivity index (χ4n) is 3.06. The summed E-state index contributed by atoms with van der Waals surface area (Å²) in [5.74, 6) is 1.12. The van der Waals surface area contributed by atoms with Gasteiger partial charge in [0.2, 0.25) is 0 Å². The predicted molar refractivity (Wildman–Crippen MR) is 135 cm³/mol. The monoisotopic (exact) mass is 569 g/mol. The van der Waals surface area contributed by atoms with E-state index in [9.17, 15) is 9.35 Å². The molecule has 1 aromatic heterocycles. The number of carbonyl (C=O) groups is 1. The number of hydrogen-bond donors (Lipinski definition) is 1. The van der Waals surface area contributed by atoms with Gasteiger partial charge in [0.05, 0.1) is 23.1 Å². The average Bonchev–Trinajstić information content (AvgIpc) is 3.14. The first kappa shape index (κ1) is 24.9. The van der Waals surface area contributed by atoms with Gasteiger partial charge in [0.1, 0.15) is 28.4 Å². The third kappa shape index (κ3) is 6.63. The van der Waals surface area contributed by atoms with Crippen molar-refractivity contribution in [1.82, 2.24) is 4.72 Å². The first-order chi connectivity index (χ1) is 15.2. The van der Waals surface area contributed by atoms with Crippen LogP contribution in [0.2, 0.25) is 0 Å². The number of ether oxygens (including phenoxy) is 2. The van der Waals surface area contributed by atoms with Gasteiger partial charge in [-0.25, -0.2) is 0 Å². The first-order valence-electron chi connectivity index (χ1n) is 10.4. The number of nitrogens with one attached hydrogen (secondary N) is 1. The Bertz CT molecular complexity index is 1080. The summed E-state index contributed by atoms with van der Waals surface area (Å²) in [7, 11) is 0. The standard InChI is InChI=1S/C24H28INO5S/c1-5-29-22(27)13-17-8-6-7-9-21(17)30-15-16-10-18-12-19(31-23(18)20(25)11-16)14-26-32(28)24(2,3)4/h6-12,26H,5,13-15H2,1-4H3. The quantitative estimate of drug-likeness (QED) is 0.215. The summed E-state index contributed by atoms with van der Waals surface area (Å²) in [6.07, 6.45) is 0.175. The van der Waals surface area contributed by atoms with E-state index in [0.717, 1.165) is 31.4 Å². The van der Waals surface area contributed by atoms with Crippen LogP contribution in [0.1, 0.15) is 44.6 Å². The molecule has 0 aliphatic rings. The number of hydrogen-bond acceptors (Lipinski definition) is 6. The van der Waals surface area contributed by atoms with E-state index in [-0.39, 0.29) is 17.1 Å². The normalized spacial score (nSPS) is 12.7. The van der Waals surface area contributed by atoms with Gasteiger partial charge in [0, 0.05) is 22.3 Å². The highest BCUT2D eigenvalue weighted by molar-refractivity contribution is 14.1. The summed E-state index contributed by atoms with van der Waals surface area (Å²) in [6, 6.07) is 13.5.